The standard InChI is InChI=1S/C24H36O5/c1-5-15(3)24(27)29-21-11-14(2)10-17-7-6-16(4)20(23(17)21)9-8-19-12-18(25)13-22(26)28-19/h6-7,10,14-16,18-21,23,25H,5,8-9,11-13H2,1-4H3/t14-,15-,16-,18+,19?,20-,21?,23-/m0/s1/i1D3,5D2,6D,7D,10D,11D2,13D2,14D,16D,25D. The Hall–Kier alpha value is -1.62. The second-order valence-electron chi connectivity index (χ2n) is 7.57. The van der Waals surface area contributed by atoms with Gasteiger partial charge in [0.1, 0.15) is 12.2 Å². The molecular formula is C24H36O5. The molecule has 1 N–H and O–H groups in total. The third kappa shape index (κ3) is 5.30. The lowest BCUT2D eigenvalue weighted by Gasteiger charge is -2.43. The summed E-state index contributed by atoms with van der Waals surface area (Å²) in [7, 11) is 0. The number of hydrogen-bond donors (Lipinski definition) is 1. The predicted octanol–water partition coefficient (Wildman–Crippen LogP) is 4.20. The molecule has 1 aliphatic heterocycles. The third-order valence-electron chi connectivity index (χ3n) is 5.37. The zero-order valence-corrected chi connectivity index (χ0v) is 16.6. The van der Waals surface area contributed by atoms with Crippen molar-refractivity contribution >= 4 is 11.9 Å². The third-order valence-corrected chi connectivity index (χ3v) is 5.37. The van der Waals surface area contributed by atoms with E-state index in [1.54, 1.807) is 0 Å². The number of esters is 2. The van der Waals surface area contributed by atoms with E-state index in [-0.39, 0.29) is 24.8 Å². The van der Waals surface area contributed by atoms with Crippen LogP contribution in [0.4, 0.5) is 0 Å². The lowest BCUT2D eigenvalue weighted by molar-refractivity contribution is -0.162. The Morgan fingerprint density at radius 1 is 1.59 bits per heavy atom. The van der Waals surface area contributed by atoms with Gasteiger partial charge >= 0.3 is 11.9 Å². The zero-order valence-electron chi connectivity index (χ0n) is 31.6. The number of aliphatic hydroxyl groups is 1. The number of allylic oxidation sites excluding steroid dienone is 3. The van der Waals surface area contributed by atoms with Crippen molar-refractivity contribution in [3.05, 3.63) is 23.7 Å². The number of rotatable bonds is 7. The maximum atomic E-state index is 13.3. The quantitative estimate of drug-likeness (QED) is 0.626. The Labute approximate surface area is 195 Å². The molecule has 1 heterocycles. The van der Waals surface area contributed by atoms with E-state index < -0.39 is 104 Å². The smallest absolute Gasteiger partial charge is 0.308 e. The van der Waals surface area contributed by atoms with Gasteiger partial charge in [0.2, 0.25) is 1.43 Å². The minimum atomic E-state index is -3.27. The van der Waals surface area contributed by atoms with Crippen LogP contribution in [0.3, 0.4) is 0 Å². The molecule has 0 aromatic rings. The van der Waals surface area contributed by atoms with Crippen molar-refractivity contribution in [2.24, 2.45) is 29.5 Å². The molecular weight excluding hydrogens is 368 g/mol. The number of aliphatic hydroxyl groups excluding tert-OH is 1. The van der Waals surface area contributed by atoms with Gasteiger partial charge in [0, 0.05) is 27.4 Å². The van der Waals surface area contributed by atoms with Gasteiger partial charge in [-0.3, -0.25) is 9.59 Å². The van der Waals surface area contributed by atoms with Crippen LogP contribution in [0.2, 0.25) is 0 Å². The Balaban J connectivity index is 2.12. The Bertz CT molecular complexity index is 1240. The average Bonchev–Trinajstić information content (AvgIpc) is 2.89. The van der Waals surface area contributed by atoms with E-state index in [1.165, 1.54) is 6.92 Å². The van der Waals surface area contributed by atoms with E-state index in [1.807, 2.05) is 0 Å². The zero-order chi connectivity index (χ0) is 34.2. The van der Waals surface area contributed by atoms with E-state index in [0.717, 1.165) is 13.8 Å². The molecule has 8 atom stereocenters. The molecule has 1 fully saturated rings. The van der Waals surface area contributed by atoms with Gasteiger partial charge in [0.15, 0.2) is 0 Å². The van der Waals surface area contributed by atoms with Crippen LogP contribution in [0.1, 0.15) is 85.2 Å². The second-order valence-corrected chi connectivity index (χ2v) is 7.57. The molecule has 0 amide bonds. The van der Waals surface area contributed by atoms with Gasteiger partial charge in [-0.2, -0.15) is 0 Å². The summed E-state index contributed by atoms with van der Waals surface area (Å²) in [5.41, 5.74) is -0.328. The van der Waals surface area contributed by atoms with Gasteiger partial charge in [-0.1, -0.05) is 45.8 Å². The minimum absolute atomic E-state index is 0.127. The van der Waals surface area contributed by atoms with Crippen molar-refractivity contribution in [3.8, 4) is 0 Å². The molecule has 5 heteroatoms. The summed E-state index contributed by atoms with van der Waals surface area (Å²) in [5, 5.41) is 4.40. The lowest BCUT2D eigenvalue weighted by Crippen LogP contribution is -2.42. The minimum Gasteiger partial charge on any atom is -0.462 e. The molecule has 1 saturated heterocycles. The molecule has 3 aliphatic rings. The Morgan fingerprint density at radius 2 is 2.41 bits per heavy atom. The fourth-order valence-electron chi connectivity index (χ4n) is 3.82. The normalized spacial score (nSPS) is 55.9. The largest absolute Gasteiger partial charge is 0.462 e. The molecule has 0 saturated carbocycles. The van der Waals surface area contributed by atoms with Crippen LogP contribution in [0, 0.1) is 29.5 Å². The van der Waals surface area contributed by atoms with E-state index in [2.05, 4.69) is 5.11 Å². The van der Waals surface area contributed by atoms with Crippen LogP contribution >= 0.6 is 0 Å². The number of ether oxygens (including phenoxy) is 2. The van der Waals surface area contributed by atoms with Crippen LogP contribution in [-0.2, 0) is 19.1 Å². The number of hydrogen-bond acceptors (Lipinski definition) is 5. The maximum Gasteiger partial charge on any atom is 0.308 e. The number of fused-ring (bicyclic) bond motifs is 1. The molecule has 2 aliphatic carbocycles. The van der Waals surface area contributed by atoms with Gasteiger partial charge in [-0.25, -0.2) is 0 Å². The Morgan fingerprint density at radius 3 is 3.17 bits per heavy atom. The fourth-order valence-corrected chi connectivity index (χ4v) is 3.82. The topological polar surface area (TPSA) is 72.8 Å². The van der Waals surface area contributed by atoms with Crippen LogP contribution < -0.4 is 0 Å². The predicted molar refractivity (Wildman–Crippen MR) is 111 cm³/mol. The summed E-state index contributed by atoms with van der Waals surface area (Å²) in [4.78, 5) is 25.6. The molecule has 0 radical (unpaired) electrons. The van der Waals surface area contributed by atoms with Crippen LogP contribution in [0.5, 0.6) is 0 Å². The molecule has 3 rings (SSSR count). The number of carbonyl (C=O) groups excluding carboxylic acids is 2. The van der Waals surface area contributed by atoms with Gasteiger partial charge in [-0.05, 0) is 48.9 Å². The first-order valence-electron chi connectivity index (χ1n) is 17.0. The van der Waals surface area contributed by atoms with E-state index in [0.29, 0.717) is 0 Å². The van der Waals surface area contributed by atoms with Crippen molar-refractivity contribution in [3.63, 3.8) is 0 Å². The molecule has 0 bridgehead atoms. The molecule has 0 spiro atoms. The summed E-state index contributed by atoms with van der Waals surface area (Å²) in [6.45, 7) is -0.0417. The molecule has 2 unspecified atom stereocenters. The molecule has 5 nitrogen and oxygen atoms in total. The fraction of sp³-hybridized carbons (Fsp3) is 0.750. The number of carbonyl (C=O) groups is 2. The second kappa shape index (κ2) is 9.46. The maximum absolute atomic E-state index is 13.3. The van der Waals surface area contributed by atoms with Crippen molar-refractivity contribution in [2.45, 2.75) is 84.3 Å². The lowest BCUT2D eigenvalue weighted by atomic mass is 9.65. The van der Waals surface area contributed by atoms with E-state index >= 15 is 0 Å². The first-order valence-corrected chi connectivity index (χ1v) is 9.63. The highest BCUT2D eigenvalue weighted by atomic mass is 16.5. The average molecular weight is 420 g/mol. The summed E-state index contributed by atoms with van der Waals surface area (Å²) in [5.74, 6) is -11.9. The SMILES string of the molecule is [2H]O[C@@H]1CC(CC[C@@H]2[C@@H]3C(=C([2H])[C@]([2H])(C)C([2H])([2H])C3OC(=O)[C@@H](C)C([2H])([2H])C([2H])([2H])[2H])C([2H])=C([2H])[C@]2([2H])C)OC(=O)C1([2H])[2H]. The highest BCUT2D eigenvalue weighted by Gasteiger charge is 2.42. The molecule has 29 heavy (non-hydrogen) atoms. The van der Waals surface area contributed by atoms with Gasteiger partial charge in [0.25, 0.3) is 0 Å². The molecule has 162 valence electrons. The Kier molecular flexibility index (Phi) is 3.16. The van der Waals surface area contributed by atoms with E-state index in [9.17, 15) is 9.59 Å². The summed E-state index contributed by atoms with van der Waals surface area (Å²) in [6, 6.07) is -1.91. The van der Waals surface area contributed by atoms with Crippen LogP contribution in [0.25, 0.3) is 0 Å². The first-order chi connectivity index (χ1) is 19.7. The summed E-state index contributed by atoms with van der Waals surface area (Å²) >= 11 is 0. The summed E-state index contributed by atoms with van der Waals surface area (Å²) in [6.07, 6.45) is -13.7. The monoisotopic (exact) mass is 419 g/mol. The number of cyclic esters (lactones) is 1. The molecule has 0 aromatic carbocycles. The highest BCUT2D eigenvalue weighted by Crippen LogP contribution is 2.45. The van der Waals surface area contributed by atoms with Crippen molar-refractivity contribution in [2.75, 3.05) is 0 Å². The van der Waals surface area contributed by atoms with Crippen molar-refractivity contribution < 1.29 is 43.4 Å². The van der Waals surface area contributed by atoms with Crippen LogP contribution in [-0.4, -0.2) is 36.8 Å². The van der Waals surface area contributed by atoms with Crippen molar-refractivity contribution in [1.29, 1.82) is 1.43 Å². The summed E-state index contributed by atoms with van der Waals surface area (Å²) < 4.78 is 133. The van der Waals surface area contributed by atoms with Crippen molar-refractivity contribution in [1.82, 2.24) is 0 Å². The molecule has 0 aromatic heterocycles. The van der Waals surface area contributed by atoms with Gasteiger partial charge < -0.3 is 14.6 Å². The van der Waals surface area contributed by atoms with E-state index in [4.69, 9.17) is 30.1 Å². The highest BCUT2D eigenvalue weighted by molar-refractivity contribution is 5.72. The van der Waals surface area contributed by atoms with Crippen LogP contribution in [0.15, 0.2) is 23.7 Å². The first kappa shape index (κ1) is 9.67. The van der Waals surface area contributed by atoms with Gasteiger partial charge in [0.05, 0.1) is 22.5 Å². The van der Waals surface area contributed by atoms with Gasteiger partial charge in [-0.15, -0.1) is 0 Å².